The Morgan fingerprint density at radius 3 is 2.73 bits per heavy atom. The Bertz CT molecular complexity index is 266. The van der Waals surface area contributed by atoms with Crippen LogP contribution in [-0.2, 0) is 0 Å². The second-order valence-corrected chi connectivity index (χ2v) is 3.81. The van der Waals surface area contributed by atoms with E-state index in [0.29, 0.717) is 11.2 Å². The molecule has 0 N–H and O–H groups in total. The van der Waals surface area contributed by atoms with Gasteiger partial charge >= 0.3 is 0 Å². The molecule has 0 amide bonds. The van der Waals surface area contributed by atoms with Crippen molar-refractivity contribution in [3.05, 3.63) is 21.6 Å². The summed E-state index contributed by atoms with van der Waals surface area (Å²) in [7, 11) is 0. The van der Waals surface area contributed by atoms with Crippen LogP contribution in [0.4, 0.5) is 0 Å². The fraction of sp³-hybridized carbons (Fsp3) is 0.429. The fourth-order valence-corrected chi connectivity index (χ4v) is 1.69. The summed E-state index contributed by atoms with van der Waals surface area (Å²) >= 11 is 8.94. The van der Waals surface area contributed by atoms with Crippen molar-refractivity contribution in [1.82, 2.24) is 9.97 Å². The SMILES string of the molecule is Clc1nc(Br)cc(C2CC2)n1. The highest BCUT2D eigenvalue weighted by Gasteiger charge is 2.25. The Hall–Kier alpha value is -0.150. The second-order valence-electron chi connectivity index (χ2n) is 2.66. The molecule has 58 valence electrons. The van der Waals surface area contributed by atoms with Crippen LogP contribution in [0.5, 0.6) is 0 Å². The normalized spacial score (nSPS) is 16.9. The zero-order valence-corrected chi connectivity index (χ0v) is 8.06. The lowest BCUT2D eigenvalue weighted by Gasteiger charge is -1.97. The monoisotopic (exact) mass is 232 g/mol. The molecule has 0 spiro atoms. The molecule has 0 saturated heterocycles. The first kappa shape index (κ1) is 7.50. The van der Waals surface area contributed by atoms with E-state index in [1.54, 1.807) is 0 Å². The third-order valence-electron chi connectivity index (χ3n) is 1.68. The topological polar surface area (TPSA) is 25.8 Å². The molecule has 0 aromatic carbocycles. The summed E-state index contributed by atoms with van der Waals surface area (Å²) in [6.45, 7) is 0. The first-order chi connectivity index (χ1) is 5.25. The van der Waals surface area contributed by atoms with Crippen molar-refractivity contribution < 1.29 is 0 Å². The number of aromatic nitrogens is 2. The van der Waals surface area contributed by atoms with Crippen molar-refractivity contribution >= 4 is 27.5 Å². The van der Waals surface area contributed by atoms with Crippen LogP contribution in [0.25, 0.3) is 0 Å². The summed E-state index contributed by atoms with van der Waals surface area (Å²) in [5.41, 5.74) is 1.07. The molecular formula is C7H6BrClN2. The number of rotatable bonds is 1. The summed E-state index contributed by atoms with van der Waals surface area (Å²) in [5, 5.41) is 0.335. The van der Waals surface area contributed by atoms with Crippen LogP contribution < -0.4 is 0 Å². The van der Waals surface area contributed by atoms with E-state index in [0.717, 1.165) is 10.3 Å². The van der Waals surface area contributed by atoms with Crippen molar-refractivity contribution in [3.63, 3.8) is 0 Å². The third kappa shape index (κ3) is 1.71. The van der Waals surface area contributed by atoms with E-state index in [1.165, 1.54) is 12.8 Å². The van der Waals surface area contributed by atoms with Gasteiger partial charge in [-0.3, -0.25) is 0 Å². The molecule has 2 nitrogen and oxygen atoms in total. The van der Waals surface area contributed by atoms with Gasteiger partial charge in [-0.05, 0) is 46.4 Å². The highest BCUT2D eigenvalue weighted by atomic mass is 79.9. The molecule has 4 heteroatoms. The maximum absolute atomic E-state index is 5.67. The van der Waals surface area contributed by atoms with Gasteiger partial charge in [0.05, 0.1) is 0 Å². The Kier molecular flexibility index (Phi) is 1.85. The standard InChI is InChI=1S/C7H6BrClN2/c8-6-3-5(4-1-2-4)10-7(9)11-6/h3-4H,1-2H2. The predicted octanol–water partition coefficient (Wildman–Crippen LogP) is 2.77. The molecule has 1 saturated carbocycles. The lowest BCUT2D eigenvalue weighted by Crippen LogP contribution is -1.89. The van der Waals surface area contributed by atoms with E-state index in [9.17, 15) is 0 Å². The zero-order valence-electron chi connectivity index (χ0n) is 5.72. The van der Waals surface area contributed by atoms with Crippen molar-refractivity contribution in [2.24, 2.45) is 0 Å². The molecule has 1 aromatic rings. The van der Waals surface area contributed by atoms with Crippen LogP contribution >= 0.6 is 27.5 Å². The van der Waals surface area contributed by atoms with E-state index < -0.39 is 0 Å². The van der Waals surface area contributed by atoms with Crippen LogP contribution in [0.3, 0.4) is 0 Å². The average Bonchev–Trinajstić information content (AvgIpc) is 2.64. The smallest absolute Gasteiger partial charge is 0.223 e. The van der Waals surface area contributed by atoms with E-state index >= 15 is 0 Å². The third-order valence-corrected chi connectivity index (χ3v) is 2.26. The Balaban J connectivity index is 2.39. The largest absolute Gasteiger partial charge is 0.223 e. The van der Waals surface area contributed by atoms with Crippen LogP contribution in [0.15, 0.2) is 10.7 Å². The maximum atomic E-state index is 5.67. The molecule has 1 aliphatic carbocycles. The van der Waals surface area contributed by atoms with Crippen molar-refractivity contribution in [3.8, 4) is 0 Å². The van der Waals surface area contributed by atoms with E-state index in [-0.39, 0.29) is 0 Å². The molecule has 1 fully saturated rings. The van der Waals surface area contributed by atoms with E-state index in [2.05, 4.69) is 25.9 Å². The molecule has 1 aromatic heterocycles. The van der Waals surface area contributed by atoms with Gasteiger partial charge in [0.2, 0.25) is 5.28 Å². The van der Waals surface area contributed by atoms with Crippen molar-refractivity contribution in [2.75, 3.05) is 0 Å². The quantitative estimate of drug-likeness (QED) is 0.551. The Morgan fingerprint density at radius 2 is 2.18 bits per heavy atom. The molecule has 0 aliphatic heterocycles. The first-order valence-electron chi connectivity index (χ1n) is 3.45. The minimum Gasteiger partial charge on any atom is -0.223 e. The Labute approximate surface area is 78.1 Å². The van der Waals surface area contributed by atoms with Gasteiger partial charge in [-0.25, -0.2) is 9.97 Å². The van der Waals surface area contributed by atoms with Crippen molar-refractivity contribution in [1.29, 1.82) is 0 Å². The lowest BCUT2D eigenvalue weighted by atomic mass is 10.3. The summed E-state index contributed by atoms with van der Waals surface area (Å²) in [6.07, 6.45) is 2.47. The van der Waals surface area contributed by atoms with Gasteiger partial charge in [0.1, 0.15) is 4.60 Å². The molecule has 0 unspecified atom stereocenters. The van der Waals surface area contributed by atoms with Crippen LogP contribution in [0.2, 0.25) is 5.28 Å². The predicted molar refractivity (Wildman–Crippen MR) is 46.7 cm³/mol. The number of nitrogens with zero attached hydrogens (tertiary/aromatic N) is 2. The second kappa shape index (κ2) is 2.72. The fourth-order valence-electron chi connectivity index (χ4n) is 0.994. The van der Waals surface area contributed by atoms with Gasteiger partial charge in [-0.2, -0.15) is 0 Å². The molecule has 1 heterocycles. The van der Waals surface area contributed by atoms with Gasteiger partial charge in [-0.15, -0.1) is 0 Å². The van der Waals surface area contributed by atoms with Gasteiger partial charge in [0.15, 0.2) is 0 Å². The molecular weight excluding hydrogens is 227 g/mol. The van der Waals surface area contributed by atoms with Crippen LogP contribution in [0, 0.1) is 0 Å². The van der Waals surface area contributed by atoms with Crippen LogP contribution in [-0.4, -0.2) is 9.97 Å². The molecule has 0 radical (unpaired) electrons. The van der Waals surface area contributed by atoms with Gasteiger partial charge in [0, 0.05) is 11.6 Å². The number of hydrogen-bond donors (Lipinski definition) is 0. The molecule has 0 atom stereocenters. The molecule has 1 aliphatic rings. The Morgan fingerprint density at radius 1 is 1.45 bits per heavy atom. The highest BCUT2D eigenvalue weighted by molar-refractivity contribution is 9.10. The molecule has 11 heavy (non-hydrogen) atoms. The maximum Gasteiger partial charge on any atom is 0.223 e. The van der Waals surface area contributed by atoms with Gasteiger partial charge in [-0.1, -0.05) is 0 Å². The van der Waals surface area contributed by atoms with Gasteiger partial charge in [0.25, 0.3) is 0 Å². The van der Waals surface area contributed by atoms with E-state index in [4.69, 9.17) is 11.6 Å². The summed E-state index contributed by atoms with van der Waals surface area (Å²) in [5.74, 6) is 0.631. The lowest BCUT2D eigenvalue weighted by molar-refractivity contribution is 0.977. The van der Waals surface area contributed by atoms with Crippen molar-refractivity contribution in [2.45, 2.75) is 18.8 Å². The number of halogens is 2. The zero-order chi connectivity index (χ0) is 7.84. The van der Waals surface area contributed by atoms with Crippen LogP contribution in [0.1, 0.15) is 24.5 Å². The summed E-state index contributed by atoms with van der Waals surface area (Å²) in [4.78, 5) is 8.04. The molecule has 0 bridgehead atoms. The number of hydrogen-bond acceptors (Lipinski definition) is 2. The molecule has 2 rings (SSSR count). The van der Waals surface area contributed by atoms with Gasteiger partial charge < -0.3 is 0 Å². The minimum atomic E-state index is 0.335. The average molecular weight is 233 g/mol. The first-order valence-corrected chi connectivity index (χ1v) is 4.63. The minimum absolute atomic E-state index is 0.335. The van der Waals surface area contributed by atoms with E-state index in [1.807, 2.05) is 6.07 Å². The highest BCUT2D eigenvalue weighted by Crippen LogP contribution is 2.39. The summed E-state index contributed by atoms with van der Waals surface area (Å²) < 4.78 is 0.777. The summed E-state index contributed by atoms with van der Waals surface area (Å²) in [6, 6.07) is 1.93.